The molecule has 3 atom stereocenters. The second kappa shape index (κ2) is 17.9. The molecule has 14 nitrogen and oxygen atoms in total. The molecule has 3 unspecified atom stereocenters. The zero-order chi connectivity index (χ0) is 41.8. The molecule has 4 aromatic rings. The fourth-order valence-electron chi connectivity index (χ4n) is 8.34. The van der Waals surface area contributed by atoms with E-state index < -0.39 is 23.2 Å². The summed E-state index contributed by atoms with van der Waals surface area (Å²) in [4.78, 5) is 44.4. The van der Waals surface area contributed by atoms with Crippen LogP contribution in [0.1, 0.15) is 64.9 Å². The molecule has 2 bridgehead atoms. The van der Waals surface area contributed by atoms with Crippen molar-refractivity contribution >= 4 is 39.6 Å². The number of pyridine rings is 1. The third-order valence-electron chi connectivity index (χ3n) is 10.9. The quantitative estimate of drug-likeness (QED) is 0.0803. The van der Waals surface area contributed by atoms with E-state index in [0.29, 0.717) is 42.0 Å². The average Bonchev–Trinajstić information content (AvgIpc) is 3.76. The van der Waals surface area contributed by atoms with Crippen molar-refractivity contribution in [2.24, 2.45) is 0 Å². The van der Waals surface area contributed by atoms with Crippen LogP contribution in [0.15, 0.2) is 30.5 Å². The number of rotatable bonds is 15. The molecule has 16 heteroatoms. The molecule has 7 rings (SSSR count). The molecule has 0 radical (unpaired) electrons. The topological polar surface area (TPSA) is 149 Å². The van der Waals surface area contributed by atoms with E-state index in [9.17, 15) is 9.59 Å². The number of methoxy groups -OCH3 is 1. The highest BCUT2D eigenvalue weighted by atomic mass is 19.1. The van der Waals surface area contributed by atoms with Gasteiger partial charge in [0.15, 0.2) is 12.6 Å². The van der Waals surface area contributed by atoms with Crippen LogP contribution >= 0.6 is 0 Å². The first-order chi connectivity index (χ1) is 28.3. The number of nitrogens with zero attached hydrogens (tertiary/aromatic N) is 6. The molecule has 314 valence electrons. The number of carbonyl (C=O) groups is 2. The predicted molar refractivity (Wildman–Crippen MR) is 216 cm³/mol. The molecule has 59 heavy (non-hydrogen) atoms. The number of amides is 1. The van der Waals surface area contributed by atoms with Gasteiger partial charge in [0, 0.05) is 56.5 Å². The van der Waals surface area contributed by atoms with Gasteiger partial charge in [-0.1, -0.05) is 12.0 Å². The molecule has 3 aliphatic heterocycles. The number of aromatic nitrogens is 3. The molecule has 2 aromatic carbocycles. The van der Waals surface area contributed by atoms with Crippen LogP contribution in [-0.2, 0) is 19.0 Å². The molecule has 1 N–H and O–H groups in total. The Hall–Kier alpha value is -5.37. The van der Waals surface area contributed by atoms with E-state index in [-0.39, 0.29) is 84.4 Å². The van der Waals surface area contributed by atoms with Crippen molar-refractivity contribution < 1.29 is 47.2 Å². The molecular formula is C43H50F2N6O8. The summed E-state index contributed by atoms with van der Waals surface area (Å²) in [6.07, 6.45) is 11.0. The van der Waals surface area contributed by atoms with Gasteiger partial charge < -0.3 is 33.7 Å². The van der Waals surface area contributed by atoms with Gasteiger partial charge in [-0.2, -0.15) is 9.97 Å². The number of carboxylic acids is 1. The maximum absolute atomic E-state index is 17.3. The number of piperazine rings is 1. The summed E-state index contributed by atoms with van der Waals surface area (Å²) in [5, 5.41) is 10.0. The first-order valence-electron chi connectivity index (χ1n) is 20.0. The van der Waals surface area contributed by atoms with Crippen molar-refractivity contribution in [3.05, 3.63) is 47.7 Å². The summed E-state index contributed by atoms with van der Waals surface area (Å²) in [5.74, 6) is 0.865. The molecule has 3 aliphatic rings. The normalized spacial score (nSPS) is 19.4. The van der Waals surface area contributed by atoms with Crippen LogP contribution in [0.25, 0.3) is 32.9 Å². The predicted octanol–water partition coefficient (Wildman–Crippen LogP) is 6.40. The smallest absolute Gasteiger partial charge is 0.410 e. The van der Waals surface area contributed by atoms with Gasteiger partial charge in [-0.25, -0.2) is 13.6 Å². The number of fused-ring (bicyclic) bond motifs is 4. The number of hydrogen-bond acceptors (Lipinski definition) is 12. The van der Waals surface area contributed by atoms with Crippen LogP contribution in [0.3, 0.4) is 0 Å². The number of hydrogen-bond donors (Lipinski definition) is 1. The van der Waals surface area contributed by atoms with E-state index in [1.807, 2.05) is 30.6 Å². The van der Waals surface area contributed by atoms with Gasteiger partial charge in [0.2, 0.25) is 0 Å². The molecule has 3 fully saturated rings. The molecule has 1 amide bonds. The lowest BCUT2D eigenvalue weighted by Crippen LogP contribution is -2.57. The van der Waals surface area contributed by atoms with E-state index in [1.165, 1.54) is 19.4 Å². The zero-order valence-electron chi connectivity index (χ0n) is 33.8. The number of carbonyl (C=O) groups excluding carboxylic acids is 1. The number of benzene rings is 2. The fourth-order valence-corrected chi connectivity index (χ4v) is 8.34. The largest absolute Gasteiger partial charge is 0.481 e. The van der Waals surface area contributed by atoms with Crippen LogP contribution in [0.4, 0.5) is 19.4 Å². The molecular weight excluding hydrogens is 767 g/mol. The highest BCUT2D eigenvalue weighted by molar-refractivity contribution is 6.03. The van der Waals surface area contributed by atoms with Crippen LogP contribution < -0.4 is 14.4 Å². The molecule has 0 aliphatic carbocycles. The summed E-state index contributed by atoms with van der Waals surface area (Å²) >= 11 is 0. The number of ether oxygens (including phenoxy) is 5. The Morgan fingerprint density at radius 2 is 1.83 bits per heavy atom. The van der Waals surface area contributed by atoms with Gasteiger partial charge >= 0.3 is 18.1 Å². The minimum absolute atomic E-state index is 0.0216. The van der Waals surface area contributed by atoms with E-state index in [2.05, 4.69) is 20.8 Å². The number of carboxylic acid groups (broad SMARTS) is 1. The summed E-state index contributed by atoms with van der Waals surface area (Å²) in [6, 6.07) is 5.73. The second-order valence-electron chi connectivity index (χ2n) is 16.1. The van der Waals surface area contributed by atoms with E-state index >= 15 is 8.78 Å². The Kier molecular flexibility index (Phi) is 12.6. The van der Waals surface area contributed by atoms with Gasteiger partial charge in [-0.05, 0) is 83.0 Å². The summed E-state index contributed by atoms with van der Waals surface area (Å²) in [7, 11) is 1.48. The van der Waals surface area contributed by atoms with Crippen molar-refractivity contribution in [2.75, 3.05) is 64.8 Å². The number of anilines is 1. The molecule has 5 heterocycles. The van der Waals surface area contributed by atoms with Gasteiger partial charge in [0.05, 0.1) is 36.1 Å². The highest BCUT2D eigenvalue weighted by Crippen LogP contribution is 2.41. The monoisotopic (exact) mass is 816 g/mol. The van der Waals surface area contributed by atoms with Crippen molar-refractivity contribution in [2.45, 2.75) is 83.0 Å². The van der Waals surface area contributed by atoms with Crippen molar-refractivity contribution in [3.63, 3.8) is 0 Å². The average molecular weight is 817 g/mol. The van der Waals surface area contributed by atoms with Gasteiger partial charge in [0.25, 0.3) is 0 Å². The SMILES string of the molecule is C#Cc1c(F)ccc2cc(OCOC)cc(-c3ncc4c(N5CC6CCC(C5)N6C(=O)OC(C)(C)C)nc(OCC5CCCN5CCCOCCC(=O)O)nc4c3F)c12. The third kappa shape index (κ3) is 9.27. The minimum Gasteiger partial charge on any atom is -0.481 e. The van der Waals surface area contributed by atoms with E-state index in [1.54, 1.807) is 18.2 Å². The van der Waals surface area contributed by atoms with Crippen molar-refractivity contribution in [1.29, 1.82) is 0 Å². The summed E-state index contributed by atoms with van der Waals surface area (Å²) < 4.78 is 61.0. The minimum atomic E-state index is -0.896. The fraction of sp³-hybridized carbons (Fsp3) is 0.512. The first-order valence-corrected chi connectivity index (χ1v) is 20.0. The molecule has 0 spiro atoms. The highest BCUT2D eigenvalue weighted by Gasteiger charge is 2.45. The lowest BCUT2D eigenvalue weighted by atomic mass is 9.95. The summed E-state index contributed by atoms with van der Waals surface area (Å²) in [5.41, 5.74) is -0.655. The standard InChI is InChI=1S/C43H50F2N6O8/c1-6-31-34(44)13-10-26-19-30(58-25-55-5)20-32(36(26)31)38-37(45)39-33(21-46-38)40(50-22-27-11-12-28(23-50)51(27)42(54)59-43(2,3)4)48-41(47-39)57-24-29-9-7-15-49(29)16-8-17-56-18-14-35(52)53/h1,10,13,19-21,27-29H,7-9,11-12,14-18,22-25H2,2-5H3,(H,52,53). The number of likely N-dealkylation sites (tertiary alicyclic amines) is 1. The van der Waals surface area contributed by atoms with E-state index in [0.717, 1.165) is 45.2 Å². The number of terminal acetylenes is 1. The number of aliphatic carboxylic acids is 1. The first kappa shape index (κ1) is 41.8. The Balaban J connectivity index is 1.24. The zero-order valence-corrected chi connectivity index (χ0v) is 33.8. The Labute approximate surface area is 341 Å². The molecule has 2 aromatic heterocycles. The van der Waals surface area contributed by atoms with E-state index in [4.69, 9.17) is 40.2 Å². The summed E-state index contributed by atoms with van der Waals surface area (Å²) in [6.45, 7) is 8.74. The maximum Gasteiger partial charge on any atom is 0.410 e. The Morgan fingerprint density at radius 1 is 1.05 bits per heavy atom. The van der Waals surface area contributed by atoms with Crippen LogP contribution in [-0.4, -0.2) is 126 Å². The van der Waals surface area contributed by atoms with Crippen molar-refractivity contribution in [3.8, 4) is 35.4 Å². The van der Waals surface area contributed by atoms with Crippen LogP contribution in [0, 0.1) is 24.0 Å². The van der Waals surface area contributed by atoms with Crippen molar-refractivity contribution in [1.82, 2.24) is 24.8 Å². The van der Waals surface area contributed by atoms with Gasteiger partial charge in [-0.15, -0.1) is 6.42 Å². The van der Waals surface area contributed by atoms with Crippen LogP contribution in [0.5, 0.6) is 11.8 Å². The molecule has 0 saturated carbocycles. The third-order valence-corrected chi connectivity index (χ3v) is 10.9. The number of halogens is 2. The van der Waals surface area contributed by atoms with Gasteiger partial charge in [-0.3, -0.25) is 19.6 Å². The second-order valence-corrected chi connectivity index (χ2v) is 16.1. The lowest BCUT2D eigenvalue weighted by molar-refractivity contribution is -0.138. The Bertz CT molecular complexity index is 2230. The van der Waals surface area contributed by atoms with Crippen LogP contribution in [0.2, 0.25) is 0 Å². The maximum atomic E-state index is 17.3. The molecule has 3 saturated heterocycles. The lowest BCUT2D eigenvalue weighted by Gasteiger charge is -2.42. The Morgan fingerprint density at radius 3 is 2.54 bits per heavy atom. The van der Waals surface area contributed by atoms with Gasteiger partial charge in [0.1, 0.15) is 40.8 Å².